The zero-order valence-electron chi connectivity index (χ0n) is 10.2. The maximum atomic E-state index is 5.33. The number of morpholine rings is 1. The summed E-state index contributed by atoms with van der Waals surface area (Å²) in [5.41, 5.74) is 4.61. The number of nitrogens with one attached hydrogen (secondary N) is 2. The van der Waals surface area contributed by atoms with Crippen LogP contribution >= 0.6 is 12.2 Å². The molecular weight excluding hydrogens is 248 g/mol. The predicted molar refractivity (Wildman–Crippen MR) is 76.1 cm³/mol. The predicted octanol–water partition coefficient (Wildman–Crippen LogP) is 0.679. The lowest BCUT2D eigenvalue weighted by atomic mass is 10.2. The highest BCUT2D eigenvalue weighted by molar-refractivity contribution is 7.80. The van der Waals surface area contributed by atoms with E-state index in [1.54, 1.807) is 0 Å². The van der Waals surface area contributed by atoms with Gasteiger partial charge < -0.3 is 15.5 Å². The number of hydrogen-bond donors (Lipinski definition) is 3. The number of ether oxygens (including phenoxy) is 1. The molecule has 1 fully saturated rings. The molecule has 0 aromatic heterocycles. The molecular formula is C12H18N4OS. The molecule has 0 unspecified atom stereocenters. The first-order valence-electron chi connectivity index (χ1n) is 5.94. The summed E-state index contributed by atoms with van der Waals surface area (Å²) in [6.45, 7) is 4.62. The minimum absolute atomic E-state index is 0.413. The Morgan fingerprint density at radius 1 is 1.28 bits per heavy atom. The van der Waals surface area contributed by atoms with Crippen molar-refractivity contribution in [2.75, 3.05) is 31.6 Å². The fraction of sp³-hybridized carbons (Fsp3) is 0.417. The molecule has 0 bridgehead atoms. The van der Waals surface area contributed by atoms with Crippen LogP contribution in [0.15, 0.2) is 24.3 Å². The molecule has 0 spiro atoms. The van der Waals surface area contributed by atoms with Crippen molar-refractivity contribution in [2.24, 2.45) is 5.84 Å². The summed E-state index contributed by atoms with van der Waals surface area (Å²) in [4.78, 5) is 2.39. The Bertz CT molecular complexity index is 390. The van der Waals surface area contributed by atoms with Gasteiger partial charge in [0, 0.05) is 25.3 Å². The van der Waals surface area contributed by atoms with Crippen LogP contribution in [0.4, 0.5) is 5.69 Å². The second-order valence-corrected chi connectivity index (χ2v) is 4.59. The smallest absolute Gasteiger partial charge is 0.185 e. The van der Waals surface area contributed by atoms with Crippen LogP contribution in [0.3, 0.4) is 0 Å². The van der Waals surface area contributed by atoms with Crippen LogP contribution < -0.4 is 16.6 Å². The Labute approximate surface area is 112 Å². The van der Waals surface area contributed by atoms with E-state index >= 15 is 0 Å². The van der Waals surface area contributed by atoms with Crippen LogP contribution in [0.5, 0.6) is 0 Å². The molecule has 6 heteroatoms. The molecule has 1 heterocycles. The fourth-order valence-electron chi connectivity index (χ4n) is 1.88. The SMILES string of the molecule is NNC(=S)Nc1ccc(CN2CCOCC2)cc1. The average Bonchev–Trinajstić information content (AvgIpc) is 2.42. The fourth-order valence-corrected chi connectivity index (χ4v) is 2.00. The minimum Gasteiger partial charge on any atom is -0.379 e. The van der Waals surface area contributed by atoms with Crippen molar-refractivity contribution >= 4 is 23.0 Å². The van der Waals surface area contributed by atoms with Crippen LogP contribution in [-0.4, -0.2) is 36.3 Å². The van der Waals surface area contributed by atoms with Gasteiger partial charge in [0.2, 0.25) is 0 Å². The summed E-state index contributed by atoms with van der Waals surface area (Å²) in [5.74, 6) is 5.20. The quantitative estimate of drug-likeness (QED) is 0.425. The zero-order valence-corrected chi connectivity index (χ0v) is 11.0. The first kappa shape index (κ1) is 13.2. The number of nitrogens with zero attached hydrogens (tertiary/aromatic N) is 1. The molecule has 98 valence electrons. The van der Waals surface area contributed by atoms with Crippen molar-refractivity contribution in [1.29, 1.82) is 0 Å². The Morgan fingerprint density at radius 3 is 2.56 bits per heavy atom. The molecule has 1 aliphatic rings. The molecule has 18 heavy (non-hydrogen) atoms. The van der Waals surface area contributed by atoms with Crippen molar-refractivity contribution in [3.8, 4) is 0 Å². The summed E-state index contributed by atoms with van der Waals surface area (Å²) < 4.78 is 5.33. The molecule has 2 rings (SSSR count). The standard InChI is InChI=1S/C12H18N4OS/c13-15-12(18)14-11-3-1-10(2-4-11)9-16-5-7-17-8-6-16/h1-4H,5-9,13H2,(H2,14,15,18). The van der Waals surface area contributed by atoms with E-state index in [2.05, 4.69) is 27.8 Å². The molecule has 0 saturated carbocycles. The van der Waals surface area contributed by atoms with Crippen molar-refractivity contribution in [3.63, 3.8) is 0 Å². The molecule has 0 radical (unpaired) electrons. The van der Waals surface area contributed by atoms with Crippen LogP contribution in [-0.2, 0) is 11.3 Å². The first-order chi connectivity index (χ1) is 8.78. The van der Waals surface area contributed by atoms with Gasteiger partial charge in [-0.15, -0.1) is 0 Å². The third kappa shape index (κ3) is 3.92. The summed E-state index contributed by atoms with van der Waals surface area (Å²) in [7, 11) is 0. The molecule has 1 saturated heterocycles. The van der Waals surface area contributed by atoms with Crippen molar-refractivity contribution in [2.45, 2.75) is 6.54 Å². The van der Waals surface area contributed by atoms with Crippen LogP contribution in [0.1, 0.15) is 5.56 Å². The lowest BCUT2D eigenvalue weighted by molar-refractivity contribution is 0.0342. The van der Waals surface area contributed by atoms with Gasteiger partial charge in [-0.05, 0) is 29.9 Å². The number of thiocarbonyl (C=S) groups is 1. The monoisotopic (exact) mass is 266 g/mol. The lowest BCUT2D eigenvalue weighted by Gasteiger charge is -2.26. The summed E-state index contributed by atoms with van der Waals surface area (Å²) in [5, 5.41) is 3.40. The van der Waals surface area contributed by atoms with Gasteiger partial charge >= 0.3 is 0 Å². The summed E-state index contributed by atoms with van der Waals surface area (Å²) >= 11 is 4.93. The van der Waals surface area contributed by atoms with Crippen LogP contribution in [0.25, 0.3) is 0 Å². The largest absolute Gasteiger partial charge is 0.379 e. The maximum Gasteiger partial charge on any atom is 0.185 e. The summed E-state index contributed by atoms with van der Waals surface area (Å²) in [6.07, 6.45) is 0. The van der Waals surface area contributed by atoms with Gasteiger partial charge in [0.05, 0.1) is 13.2 Å². The van der Waals surface area contributed by atoms with E-state index in [1.807, 2.05) is 12.1 Å². The second kappa shape index (κ2) is 6.65. The Hall–Kier alpha value is -1.21. The summed E-state index contributed by atoms with van der Waals surface area (Å²) in [6, 6.07) is 8.19. The van der Waals surface area contributed by atoms with E-state index in [1.165, 1.54) is 5.56 Å². The van der Waals surface area contributed by atoms with E-state index in [9.17, 15) is 0 Å². The number of benzene rings is 1. The van der Waals surface area contributed by atoms with Crippen molar-refractivity contribution in [3.05, 3.63) is 29.8 Å². The Kier molecular flexibility index (Phi) is 4.89. The third-order valence-electron chi connectivity index (χ3n) is 2.85. The van der Waals surface area contributed by atoms with Gasteiger partial charge in [-0.25, -0.2) is 5.84 Å². The van der Waals surface area contributed by atoms with E-state index in [0.717, 1.165) is 38.5 Å². The van der Waals surface area contributed by atoms with Gasteiger partial charge in [-0.2, -0.15) is 0 Å². The Balaban J connectivity index is 1.88. The zero-order chi connectivity index (χ0) is 12.8. The van der Waals surface area contributed by atoms with Gasteiger partial charge in [0.25, 0.3) is 0 Å². The number of hydrazine groups is 1. The molecule has 1 aromatic rings. The molecule has 0 aliphatic carbocycles. The van der Waals surface area contributed by atoms with Gasteiger partial charge in [0.1, 0.15) is 0 Å². The topological polar surface area (TPSA) is 62.5 Å². The molecule has 1 aromatic carbocycles. The highest BCUT2D eigenvalue weighted by atomic mass is 32.1. The highest BCUT2D eigenvalue weighted by Gasteiger charge is 2.10. The lowest BCUT2D eigenvalue weighted by Crippen LogP contribution is -2.35. The van der Waals surface area contributed by atoms with Gasteiger partial charge in [0.15, 0.2) is 5.11 Å². The Morgan fingerprint density at radius 2 is 1.94 bits per heavy atom. The highest BCUT2D eigenvalue weighted by Crippen LogP contribution is 2.12. The second-order valence-electron chi connectivity index (χ2n) is 4.18. The van der Waals surface area contributed by atoms with Crippen molar-refractivity contribution < 1.29 is 4.74 Å². The van der Waals surface area contributed by atoms with E-state index in [-0.39, 0.29) is 0 Å². The molecule has 0 atom stereocenters. The van der Waals surface area contributed by atoms with Crippen LogP contribution in [0, 0.1) is 0 Å². The average molecular weight is 266 g/mol. The minimum atomic E-state index is 0.413. The number of anilines is 1. The molecule has 1 aliphatic heterocycles. The number of nitrogens with two attached hydrogens (primary N) is 1. The van der Waals surface area contributed by atoms with Gasteiger partial charge in [-0.1, -0.05) is 12.1 Å². The van der Waals surface area contributed by atoms with Crippen LogP contribution in [0.2, 0.25) is 0 Å². The van der Waals surface area contributed by atoms with E-state index in [4.69, 9.17) is 22.8 Å². The number of rotatable bonds is 3. The van der Waals surface area contributed by atoms with E-state index in [0.29, 0.717) is 5.11 Å². The molecule has 5 nitrogen and oxygen atoms in total. The molecule has 0 amide bonds. The maximum absolute atomic E-state index is 5.33. The first-order valence-corrected chi connectivity index (χ1v) is 6.35. The number of hydrogen-bond acceptors (Lipinski definition) is 4. The van der Waals surface area contributed by atoms with E-state index < -0.39 is 0 Å². The normalized spacial score (nSPS) is 16.3. The molecule has 4 N–H and O–H groups in total. The van der Waals surface area contributed by atoms with Gasteiger partial charge in [-0.3, -0.25) is 4.90 Å². The third-order valence-corrected chi connectivity index (χ3v) is 3.07. The van der Waals surface area contributed by atoms with Crippen molar-refractivity contribution in [1.82, 2.24) is 10.3 Å².